The molecule has 9 heteroatoms. The number of carbonyl (C=O) groups is 2. The zero-order chi connectivity index (χ0) is 28.9. The number of para-hydroxylation sites is 1. The molecule has 0 aromatic heterocycles. The predicted octanol–water partition coefficient (Wildman–Crippen LogP) is 6.78. The molecule has 0 bridgehead atoms. The summed E-state index contributed by atoms with van der Waals surface area (Å²) in [6.45, 7) is 9.52. The number of nitrogens with one attached hydrogen (secondary N) is 2. The summed E-state index contributed by atoms with van der Waals surface area (Å²) < 4.78 is 0. The molecule has 2 aliphatic rings. The second-order valence-corrected chi connectivity index (χ2v) is 11.8. The third-order valence-electron chi connectivity index (χ3n) is 8.09. The highest BCUT2D eigenvalue weighted by molar-refractivity contribution is 6.39. The number of rotatable bonds is 6. The summed E-state index contributed by atoms with van der Waals surface area (Å²) in [5.41, 5.74) is 6.33. The quantitative estimate of drug-likeness (QED) is 0.330. The second-order valence-electron chi connectivity index (χ2n) is 11.0. The average molecular weight is 595 g/mol. The Kier molecular flexibility index (Phi) is 9.38. The first-order valence-electron chi connectivity index (χ1n) is 14.2. The highest BCUT2D eigenvalue weighted by atomic mass is 35.5. The third-order valence-corrected chi connectivity index (χ3v) is 8.72. The van der Waals surface area contributed by atoms with Crippen LogP contribution in [0.25, 0.3) is 0 Å². The molecular formula is C32H37Cl2N5O2. The number of aryl methyl sites for hydroxylation is 2. The molecule has 3 amide bonds. The number of hydrogen-bond donors (Lipinski definition) is 2. The summed E-state index contributed by atoms with van der Waals surface area (Å²) in [6.07, 6.45) is 1.73. The van der Waals surface area contributed by atoms with E-state index in [4.69, 9.17) is 23.2 Å². The number of halogens is 2. The van der Waals surface area contributed by atoms with Gasteiger partial charge in [-0.05, 0) is 79.6 Å². The van der Waals surface area contributed by atoms with E-state index in [2.05, 4.69) is 64.6 Å². The lowest BCUT2D eigenvalue weighted by Gasteiger charge is -2.36. The van der Waals surface area contributed by atoms with E-state index >= 15 is 0 Å². The fraction of sp³-hybridized carbons (Fsp3) is 0.375. The summed E-state index contributed by atoms with van der Waals surface area (Å²) >= 11 is 12.4. The van der Waals surface area contributed by atoms with Gasteiger partial charge in [0.15, 0.2) is 0 Å². The van der Waals surface area contributed by atoms with E-state index < -0.39 is 0 Å². The second kappa shape index (κ2) is 13.1. The van der Waals surface area contributed by atoms with E-state index in [1.54, 1.807) is 23.1 Å². The standard InChI is InChI=1S/C32H37Cl2N5O2/c1-22-6-7-23(2)29(20-22)38-18-16-37(17-19-38)21-30(40)35-26-10-8-24(9-11-26)25-12-14-39(15-13-25)32(41)36-31-27(33)4-3-5-28(31)34/h3-11,20,25H,12-19,21H2,1-2H3,(H,35,40)(H,36,41). The molecule has 2 saturated heterocycles. The lowest BCUT2D eigenvalue weighted by Crippen LogP contribution is -2.48. The first kappa shape index (κ1) is 29.2. The molecule has 0 unspecified atom stereocenters. The lowest BCUT2D eigenvalue weighted by atomic mass is 9.89. The van der Waals surface area contributed by atoms with Crippen molar-refractivity contribution in [1.29, 1.82) is 0 Å². The van der Waals surface area contributed by atoms with Gasteiger partial charge in [-0.1, -0.05) is 53.5 Å². The zero-order valence-corrected chi connectivity index (χ0v) is 25.1. The Labute approximate surface area is 252 Å². The average Bonchev–Trinajstić information content (AvgIpc) is 2.97. The van der Waals surface area contributed by atoms with Gasteiger partial charge in [-0.2, -0.15) is 0 Å². The Morgan fingerprint density at radius 1 is 0.829 bits per heavy atom. The van der Waals surface area contributed by atoms with Gasteiger partial charge in [-0.15, -0.1) is 0 Å². The van der Waals surface area contributed by atoms with Gasteiger partial charge in [0.25, 0.3) is 0 Å². The van der Waals surface area contributed by atoms with Crippen molar-refractivity contribution in [3.8, 4) is 0 Å². The number of benzene rings is 3. The molecule has 2 N–H and O–H groups in total. The van der Waals surface area contributed by atoms with Gasteiger partial charge in [0.05, 0.1) is 22.3 Å². The highest BCUT2D eigenvalue weighted by Gasteiger charge is 2.25. The van der Waals surface area contributed by atoms with Crippen molar-refractivity contribution in [2.24, 2.45) is 0 Å². The molecule has 5 rings (SSSR count). The minimum Gasteiger partial charge on any atom is -0.369 e. The van der Waals surface area contributed by atoms with Crippen LogP contribution < -0.4 is 15.5 Å². The number of amides is 3. The van der Waals surface area contributed by atoms with E-state index in [0.717, 1.165) is 44.7 Å². The molecule has 2 aliphatic heterocycles. The van der Waals surface area contributed by atoms with Gasteiger partial charge in [-0.3, -0.25) is 9.69 Å². The minimum absolute atomic E-state index is 0.0101. The summed E-state index contributed by atoms with van der Waals surface area (Å²) in [7, 11) is 0. The van der Waals surface area contributed by atoms with Crippen LogP contribution in [0.4, 0.5) is 21.9 Å². The number of piperidine rings is 1. The molecule has 2 heterocycles. The Morgan fingerprint density at radius 3 is 2.15 bits per heavy atom. The molecule has 0 saturated carbocycles. The molecule has 7 nitrogen and oxygen atoms in total. The van der Waals surface area contributed by atoms with Crippen LogP contribution in [-0.4, -0.2) is 67.6 Å². The molecule has 0 atom stereocenters. The number of carbonyl (C=O) groups excluding carboxylic acids is 2. The van der Waals surface area contributed by atoms with Crippen molar-refractivity contribution in [3.63, 3.8) is 0 Å². The first-order valence-corrected chi connectivity index (χ1v) is 15.0. The maximum atomic E-state index is 12.8. The van der Waals surface area contributed by atoms with Crippen LogP contribution in [0.3, 0.4) is 0 Å². The fourth-order valence-electron chi connectivity index (χ4n) is 5.67. The van der Waals surface area contributed by atoms with Crippen molar-refractivity contribution in [3.05, 3.63) is 87.4 Å². The van der Waals surface area contributed by atoms with Crippen LogP contribution in [0.2, 0.25) is 10.0 Å². The summed E-state index contributed by atoms with van der Waals surface area (Å²) in [5, 5.41) is 6.74. The van der Waals surface area contributed by atoms with E-state index in [9.17, 15) is 9.59 Å². The van der Waals surface area contributed by atoms with Crippen LogP contribution in [0.1, 0.15) is 35.4 Å². The van der Waals surface area contributed by atoms with Crippen molar-refractivity contribution in [1.82, 2.24) is 9.80 Å². The molecule has 3 aromatic rings. The van der Waals surface area contributed by atoms with Crippen LogP contribution in [0.15, 0.2) is 60.7 Å². The monoisotopic (exact) mass is 593 g/mol. The van der Waals surface area contributed by atoms with Crippen molar-refractivity contribution >= 4 is 52.2 Å². The summed E-state index contributed by atoms with van der Waals surface area (Å²) in [5.74, 6) is 0.372. The van der Waals surface area contributed by atoms with Crippen LogP contribution in [-0.2, 0) is 4.79 Å². The molecule has 216 valence electrons. The molecule has 0 spiro atoms. The van der Waals surface area contributed by atoms with Gasteiger partial charge in [-0.25, -0.2) is 4.79 Å². The molecular weight excluding hydrogens is 557 g/mol. The molecule has 41 heavy (non-hydrogen) atoms. The van der Waals surface area contributed by atoms with Gasteiger partial charge in [0, 0.05) is 50.6 Å². The molecule has 0 radical (unpaired) electrons. The Morgan fingerprint density at radius 2 is 1.49 bits per heavy atom. The van der Waals surface area contributed by atoms with Crippen molar-refractivity contribution < 1.29 is 9.59 Å². The highest BCUT2D eigenvalue weighted by Crippen LogP contribution is 2.32. The van der Waals surface area contributed by atoms with Gasteiger partial charge >= 0.3 is 6.03 Å². The predicted molar refractivity (Wildman–Crippen MR) is 169 cm³/mol. The van der Waals surface area contributed by atoms with Crippen LogP contribution in [0, 0.1) is 13.8 Å². The minimum atomic E-state index is -0.191. The topological polar surface area (TPSA) is 67.9 Å². The summed E-state index contributed by atoms with van der Waals surface area (Å²) in [4.78, 5) is 32.0. The van der Waals surface area contributed by atoms with E-state index in [1.807, 2.05) is 12.1 Å². The van der Waals surface area contributed by atoms with Gasteiger partial charge < -0.3 is 20.4 Å². The molecule has 3 aromatic carbocycles. The van der Waals surface area contributed by atoms with Crippen molar-refractivity contribution in [2.45, 2.75) is 32.6 Å². The summed E-state index contributed by atoms with van der Waals surface area (Å²) in [6, 6.07) is 19.7. The van der Waals surface area contributed by atoms with Crippen LogP contribution >= 0.6 is 23.2 Å². The maximum absolute atomic E-state index is 12.8. The van der Waals surface area contributed by atoms with Gasteiger partial charge in [0.1, 0.15) is 0 Å². The third kappa shape index (κ3) is 7.34. The largest absolute Gasteiger partial charge is 0.369 e. The normalized spacial score (nSPS) is 16.5. The van der Waals surface area contributed by atoms with Crippen LogP contribution in [0.5, 0.6) is 0 Å². The van der Waals surface area contributed by atoms with E-state index in [-0.39, 0.29) is 11.9 Å². The number of urea groups is 1. The fourth-order valence-corrected chi connectivity index (χ4v) is 6.16. The SMILES string of the molecule is Cc1ccc(C)c(N2CCN(CC(=O)Nc3ccc(C4CCN(C(=O)Nc5c(Cl)cccc5Cl)CC4)cc3)CC2)c1. The Balaban J connectivity index is 1.06. The molecule has 0 aliphatic carbocycles. The van der Waals surface area contributed by atoms with Gasteiger partial charge in [0.2, 0.25) is 5.91 Å². The number of piperazine rings is 1. The number of anilines is 3. The Bertz CT molecular complexity index is 1360. The number of nitrogens with zero attached hydrogens (tertiary/aromatic N) is 3. The van der Waals surface area contributed by atoms with E-state index in [1.165, 1.54) is 22.4 Å². The zero-order valence-electron chi connectivity index (χ0n) is 23.6. The Hall–Kier alpha value is -3.26. The lowest BCUT2D eigenvalue weighted by molar-refractivity contribution is -0.117. The number of likely N-dealkylation sites (tertiary alicyclic amines) is 1. The molecule has 2 fully saturated rings. The van der Waals surface area contributed by atoms with E-state index in [0.29, 0.717) is 41.3 Å². The number of hydrogen-bond acceptors (Lipinski definition) is 4. The maximum Gasteiger partial charge on any atom is 0.321 e. The van der Waals surface area contributed by atoms with Crippen molar-refractivity contribution in [2.75, 3.05) is 61.3 Å². The smallest absolute Gasteiger partial charge is 0.321 e. The first-order chi connectivity index (χ1) is 19.8.